The van der Waals surface area contributed by atoms with E-state index in [-0.39, 0.29) is 11.7 Å². The van der Waals surface area contributed by atoms with Crippen LogP contribution in [0.15, 0.2) is 60.1 Å². The van der Waals surface area contributed by atoms with E-state index >= 15 is 0 Å². The van der Waals surface area contributed by atoms with Gasteiger partial charge in [0, 0.05) is 10.7 Å². The summed E-state index contributed by atoms with van der Waals surface area (Å²) in [6, 6.07) is 10.1. The fourth-order valence-corrected chi connectivity index (χ4v) is 3.46. The minimum Gasteiger partial charge on any atom is -0.328 e. The van der Waals surface area contributed by atoms with Crippen molar-refractivity contribution in [1.29, 1.82) is 0 Å². The zero-order chi connectivity index (χ0) is 19.8. The molecule has 6 nitrogen and oxygen atoms in total. The fourth-order valence-electron chi connectivity index (χ4n) is 3.12. The largest absolute Gasteiger partial charge is 0.328 e. The fraction of sp³-hybridized carbons (Fsp3) is 0.105. The highest BCUT2D eigenvalue weighted by molar-refractivity contribution is 6.35. The third-order valence-electron chi connectivity index (χ3n) is 4.40. The number of halogens is 3. The molecule has 9 heteroatoms. The van der Waals surface area contributed by atoms with Crippen LogP contribution >= 0.6 is 23.2 Å². The molecule has 2 aromatic carbocycles. The average molecular weight is 418 g/mol. The molecule has 0 bridgehead atoms. The zero-order valence-electron chi connectivity index (χ0n) is 14.6. The SMILES string of the molecule is CC1=C(C(=O)Nc2cc(Cl)ccc2Cl)[C@H](c2ccc(F)cc2)n2ncnc2N1. The summed E-state index contributed by atoms with van der Waals surface area (Å²) in [5, 5.41) is 10.9. The van der Waals surface area contributed by atoms with Gasteiger partial charge in [-0.1, -0.05) is 35.3 Å². The van der Waals surface area contributed by atoms with Crippen LogP contribution < -0.4 is 10.6 Å². The molecule has 2 N–H and O–H groups in total. The lowest BCUT2D eigenvalue weighted by Crippen LogP contribution is -2.31. The molecule has 0 saturated heterocycles. The summed E-state index contributed by atoms with van der Waals surface area (Å²) >= 11 is 12.2. The Kier molecular flexibility index (Phi) is 4.78. The lowest BCUT2D eigenvalue weighted by atomic mass is 9.95. The molecular weight excluding hydrogens is 404 g/mol. The van der Waals surface area contributed by atoms with Crippen molar-refractivity contribution in [3.05, 3.63) is 81.5 Å². The van der Waals surface area contributed by atoms with Crippen molar-refractivity contribution >= 4 is 40.7 Å². The maximum atomic E-state index is 13.4. The van der Waals surface area contributed by atoms with Gasteiger partial charge in [0.1, 0.15) is 18.2 Å². The maximum Gasteiger partial charge on any atom is 0.255 e. The Morgan fingerprint density at radius 2 is 1.96 bits per heavy atom. The summed E-state index contributed by atoms with van der Waals surface area (Å²) < 4.78 is 15.0. The maximum absolute atomic E-state index is 13.4. The average Bonchev–Trinajstić information content (AvgIpc) is 3.12. The van der Waals surface area contributed by atoms with Crippen LogP contribution in [-0.4, -0.2) is 20.7 Å². The Morgan fingerprint density at radius 1 is 1.21 bits per heavy atom. The second kappa shape index (κ2) is 7.26. The molecule has 0 spiro atoms. The van der Waals surface area contributed by atoms with Gasteiger partial charge in [0.25, 0.3) is 5.91 Å². The smallest absolute Gasteiger partial charge is 0.255 e. The monoisotopic (exact) mass is 417 g/mol. The number of rotatable bonds is 3. The van der Waals surface area contributed by atoms with Crippen molar-refractivity contribution in [3.63, 3.8) is 0 Å². The van der Waals surface area contributed by atoms with E-state index < -0.39 is 6.04 Å². The van der Waals surface area contributed by atoms with Crippen molar-refractivity contribution in [2.75, 3.05) is 10.6 Å². The normalized spacial score (nSPS) is 15.8. The van der Waals surface area contributed by atoms with Gasteiger partial charge in [0.2, 0.25) is 5.95 Å². The molecule has 0 aliphatic carbocycles. The number of aromatic nitrogens is 3. The van der Waals surface area contributed by atoms with Gasteiger partial charge in [-0.15, -0.1) is 0 Å². The Labute approximate surface area is 170 Å². The molecule has 2 heterocycles. The van der Waals surface area contributed by atoms with Crippen molar-refractivity contribution in [2.24, 2.45) is 0 Å². The van der Waals surface area contributed by atoms with E-state index in [1.807, 2.05) is 0 Å². The highest BCUT2D eigenvalue weighted by atomic mass is 35.5. The number of hydrogen-bond donors (Lipinski definition) is 2. The molecular formula is C19H14Cl2FN5O. The van der Waals surface area contributed by atoms with Crippen LogP contribution in [0.25, 0.3) is 0 Å². The van der Waals surface area contributed by atoms with Crippen LogP contribution in [0, 0.1) is 5.82 Å². The van der Waals surface area contributed by atoms with Crippen molar-refractivity contribution < 1.29 is 9.18 Å². The van der Waals surface area contributed by atoms with Gasteiger partial charge in [-0.3, -0.25) is 4.79 Å². The van der Waals surface area contributed by atoms with E-state index in [1.165, 1.54) is 18.5 Å². The summed E-state index contributed by atoms with van der Waals surface area (Å²) in [6.07, 6.45) is 1.39. The molecule has 1 aromatic heterocycles. The topological polar surface area (TPSA) is 71.8 Å². The van der Waals surface area contributed by atoms with Crippen molar-refractivity contribution in [2.45, 2.75) is 13.0 Å². The third kappa shape index (κ3) is 3.34. The number of fused-ring (bicyclic) bond motifs is 1. The lowest BCUT2D eigenvalue weighted by molar-refractivity contribution is -0.113. The zero-order valence-corrected chi connectivity index (χ0v) is 16.1. The molecule has 4 rings (SSSR count). The molecule has 1 amide bonds. The van der Waals surface area contributed by atoms with Gasteiger partial charge in [-0.05, 0) is 42.8 Å². The summed E-state index contributed by atoms with van der Waals surface area (Å²) in [5.74, 6) is -0.261. The minimum absolute atomic E-state index is 0.361. The van der Waals surface area contributed by atoms with Crippen LogP contribution in [0.3, 0.4) is 0 Å². The van der Waals surface area contributed by atoms with Gasteiger partial charge < -0.3 is 10.6 Å². The van der Waals surface area contributed by atoms with Crippen molar-refractivity contribution in [1.82, 2.24) is 14.8 Å². The third-order valence-corrected chi connectivity index (χ3v) is 4.97. The minimum atomic E-state index is -0.586. The second-order valence-electron chi connectivity index (χ2n) is 6.22. The van der Waals surface area contributed by atoms with Crippen LogP contribution in [0.1, 0.15) is 18.5 Å². The Balaban J connectivity index is 1.77. The first-order chi connectivity index (χ1) is 13.4. The predicted octanol–water partition coefficient (Wildman–Crippen LogP) is 4.65. The van der Waals surface area contributed by atoms with Gasteiger partial charge in [0.05, 0.1) is 16.3 Å². The molecule has 142 valence electrons. The van der Waals surface area contributed by atoms with Gasteiger partial charge >= 0.3 is 0 Å². The van der Waals surface area contributed by atoms with Crippen molar-refractivity contribution in [3.8, 4) is 0 Å². The van der Waals surface area contributed by atoms with E-state index in [0.29, 0.717) is 38.5 Å². The number of nitrogens with one attached hydrogen (secondary N) is 2. The number of carbonyl (C=O) groups excluding carboxylic acids is 1. The highest BCUT2D eigenvalue weighted by Gasteiger charge is 2.33. The van der Waals surface area contributed by atoms with Crippen LogP contribution in [0.4, 0.5) is 16.0 Å². The molecule has 1 atom stereocenters. The second-order valence-corrected chi connectivity index (χ2v) is 7.07. The summed E-state index contributed by atoms with van der Waals surface area (Å²) in [6.45, 7) is 1.77. The Morgan fingerprint density at radius 3 is 2.71 bits per heavy atom. The predicted molar refractivity (Wildman–Crippen MR) is 106 cm³/mol. The number of anilines is 2. The van der Waals surface area contributed by atoms with E-state index in [2.05, 4.69) is 20.7 Å². The number of nitrogens with zero attached hydrogens (tertiary/aromatic N) is 3. The van der Waals surface area contributed by atoms with Crippen LogP contribution in [0.5, 0.6) is 0 Å². The van der Waals surface area contributed by atoms with Crippen LogP contribution in [0.2, 0.25) is 10.0 Å². The lowest BCUT2D eigenvalue weighted by Gasteiger charge is -2.28. The Bertz CT molecular complexity index is 1090. The van der Waals surface area contributed by atoms with E-state index in [9.17, 15) is 9.18 Å². The quantitative estimate of drug-likeness (QED) is 0.650. The van der Waals surface area contributed by atoms with Gasteiger partial charge in [-0.2, -0.15) is 10.1 Å². The van der Waals surface area contributed by atoms with Gasteiger partial charge in [-0.25, -0.2) is 9.07 Å². The molecule has 1 aliphatic rings. The summed E-state index contributed by atoms with van der Waals surface area (Å²) in [5.41, 5.74) is 2.09. The Hall–Kier alpha value is -2.90. The molecule has 0 unspecified atom stereocenters. The summed E-state index contributed by atoms with van der Waals surface area (Å²) in [4.78, 5) is 17.3. The number of amides is 1. The molecule has 1 aliphatic heterocycles. The van der Waals surface area contributed by atoms with Gasteiger partial charge in [0.15, 0.2) is 0 Å². The van der Waals surface area contributed by atoms with E-state index in [0.717, 1.165) is 0 Å². The number of allylic oxidation sites excluding steroid dienone is 1. The molecule has 3 aromatic rings. The number of benzene rings is 2. The first-order valence-corrected chi connectivity index (χ1v) is 9.09. The van der Waals surface area contributed by atoms with E-state index in [4.69, 9.17) is 23.2 Å². The first kappa shape index (κ1) is 18.5. The molecule has 0 saturated carbocycles. The standard InChI is InChI=1S/C19H14Cl2FN5O/c1-10-16(18(28)26-15-8-12(20)4-7-14(15)21)17(11-2-5-13(22)6-3-11)27-19(25-10)23-9-24-27/h2-9,17H,1H3,(H,26,28)(H,23,24,25)/t17-/m0/s1. The highest BCUT2D eigenvalue weighted by Crippen LogP contribution is 2.36. The molecule has 0 radical (unpaired) electrons. The molecule has 0 fully saturated rings. The van der Waals surface area contributed by atoms with E-state index in [1.54, 1.807) is 41.9 Å². The summed E-state index contributed by atoms with van der Waals surface area (Å²) in [7, 11) is 0. The molecule has 28 heavy (non-hydrogen) atoms. The first-order valence-electron chi connectivity index (χ1n) is 8.33. The number of carbonyl (C=O) groups is 1. The van der Waals surface area contributed by atoms with Crippen LogP contribution in [-0.2, 0) is 4.79 Å². The number of hydrogen-bond acceptors (Lipinski definition) is 4.